The molecule has 0 bridgehead atoms. The first-order chi connectivity index (χ1) is 13.2. The zero-order chi connectivity index (χ0) is 19.1. The zero-order valence-corrected chi connectivity index (χ0v) is 15.7. The second-order valence-electron chi connectivity index (χ2n) is 5.75. The highest BCUT2D eigenvalue weighted by Crippen LogP contribution is 2.20. The molecule has 0 aliphatic carbocycles. The molecule has 0 saturated carbocycles. The molecule has 3 aromatic rings. The quantitative estimate of drug-likeness (QED) is 0.373. The first-order valence-electron chi connectivity index (χ1n) is 8.22. The van der Waals surface area contributed by atoms with Gasteiger partial charge >= 0.3 is 0 Å². The number of aliphatic imine (C=N–C) groups is 1. The van der Waals surface area contributed by atoms with Crippen LogP contribution >= 0.6 is 12.4 Å². The number of halogens is 1. The van der Waals surface area contributed by atoms with Gasteiger partial charge in [0.05, 0.1) is 23.9 Å². The van der Waals surface area contributed by atoms with Gasteiger partial charge in [0.2, 0.25) is 0 Å². The maximum atomic E-state index is 8.83. The molecule has 0 radical (unpaired) electrons. The van der Waals surface area contributed by atoms with Crippen molar-refractivity contribution in [3.8, 4) is 11.8 Å². The average Bonchev–Trinajstić information content (AvgIpc) is 2.73. The van der Waals surface area contributed by atoms with E-state index in [-0.39, 0.29) is 12.4 Å². The fourth-order valence-electron chi connectivity index (χ4n) is 2.39. The predicted molar refractivity (Wildman–Crippen MR) is 112 cm³/mol. The van der Waals surface area contributed by atoms with Crippen molar-refractivity contribution < 1.29 is 4.74 Å². The molecule has 0 heterocycles. The molecule has 0 fully saturated rings. The van der Waals surface area contributed by atoms with E-state index >= 15 is 0 Å². The Morgan fingerprint density at radius 2 is 1.79 bits per heavy atom. The van der Waals surface area contributed by atoms with Gasteiger partial charge in [-0.3, -0.25) is 0 Å². The standard InChI is InChI=1S/C22H16N4O.ClH/c1-25-19-9-11-20(12-10-19)26-22(24)18-3-2-4-21(13-18)27-15-17-7-5-16(14-23)6-8-17;/h2-13H,15H2,(H2,24,26);1H. The summed E-state index contributed by atoms with van der Waals surface area (Å²) in [5, 5.41) is 8.83. The van der Waals surface area contributed by atoms with Crippen LogP contribution in [0, 0.1) is 17.9 Å². The third-order valence-electron chi connectivity index (χ3n) is 3.85. The molecule has 5 nitrogen and oxygen atoms in total. The van der Waals surface area contributed by atoms with Crippen molar-refractivity contribution in [2.75, 3.05) is 0 Å². The van der Waals surface area contributed by atoms with Gasteiger partial charge in [-0.25, -0.2) is 9.84 Å². The summed E-state index contributed by atoms with van der Waals surface area (Å²) in [4.78, 5) is 7.74. The van der Waals surface area contributed by atoms with Crippen molar-refractivity contribution in [2.45, 2.75) is 6.61 Å². The minimum atomic E-state index is 0. The minimum absolute atomic E-state index is 0. The highest BCUT2D eigenvalue weighted by Gasteiger charge is 2.03. The van der Waals surface area contributed by atoms with Gasteiger partial charge in [-0.2, -0.15) is 5.26 Å². The first kappa shape index (κ1) is 20.5. The summed E-state index contributed by atoms with van der Waals surface area (Å²) in [6.07, 6.45) is 0. The van der Waals surface area contributed by atoms with Crippen LogP contribution in [0.3, 0.4) is 0 Å². The van der Waals surface area contributed by atoms with Crippen LogP contribution in [0.2, 0.25) is 0 Å². The van der Waals surface area contributed by atoms with Crippen LogP contribution in [-0.2, 0) is 6.61 Å². The molecule has 0 amide bonds. The smallest absolute Gasteiger partial charge is 0.187 e. The minimum Gasteiger partial charge on any atom is -0.489 e. The van der Waals surface area contributed by atoms with E-state index in [0.29, 0.717) is 35.1 Å². The van der Waals surface area contributed by atoms with Gasteiger partial charge in [0, 0.05) is 5.56 Å². The number of nitrogens with two attached hydrogens (primary N) is 1. The fraction of sp³-hybridized carbons (Fsp3) is 0.0455. The molecule has 0 aliphatic heterocycles. The van der Waals surface area contributed by atoms with Crippen LogP contribution in [0.1, 0.15) is 16.7 Å². The molecule has 0 spiro atoms. The molecule has 0 aliphatic rings. The Labute approximate surface area is 170 Å². The molecule has 6 heteroatoms. The topological polar surface area (TPSA) is 75.8 Å². The molecule has 0 atom stereocenters. The van der Waals surface area contributed by atoms with Crippen molar-refractivity contribution in [1.82, 2.24) is 0 Å². The SMILES string of the molecule is Cl.[C-]#[N+]c1ccc(N=C(N)c2cccc(OCc3ccc(C#N)cc3)c2)cc1. The molecular weight excluding hydrogens is 372 g/mol. The number of rotatable bonds is 5. The maximum Gasteiger partial charge on any atom is 0.187 e. The molecule has 3 aromatic carbocycles. The van der Waals surface area contributed by atoms with Gasteiger partial charge in [-0.15, -0.1) is 12.4 Å². The highest BCUT2D eigenvalue weighted by atomic mass is 35.5. The molecule has 3 rings (SSSR count). The summed E-state index contributed by atoms with van der Waals surface area (Å²) >= 11 is 0. The second-order valence-corrected chi connectivity index (χ2v) is 5.75. The lowest BCUT2D eigenvalue weighted by Crippen LogP contribution is -2.12. The molecule has 0 unspecified atom stereocenters. The number of nitrogens with zero attached hydrogens (tertiary/aromatic N) is 3. The van der Waals surface area contributed by atoms with E-state index in [0.717, 1.165) is 11.1 Å². The van der Waals surface area contributed by atoms with Crippen LogP contribution in [0.4, 0.5) is 11.4 Å². The van der Waals surface area contributed by atoms with Crippen LogP contribution in [0.25, 0.3) is 4.85 Å². The van der Waals surface area contributed by atoms with Crippen LogP contribution in [-0.4, -0.2) is 5.84 Å². The van der Waals surface area contributed by atoms with Crippen molar-refractivity contribution >= 4 is 29.6 Å². The van der Waals surface area contributed by atoms with E-state index in [4.69, 9.17) is 22.3 Å². The Bertz CT molecular complexity index is 1050. The van der Waals surface area contributed by atoms with Crippen molar-refractivity contribution in [3.05, 3.63) is 101 Å². The summed E-state index contributed by atoms with van der Waals surface area (Å²) in [6, 6.07) is 23.7. The van der Waals surface area contributed by atoms with Gasteiger partial charge in [-0.05, 0) is 42.0 Å². The summed E-state index contributed by atoms with van der Waals surface area (Å²) in [5.74, 6) is 1.05. The van der Waals surface area contributed by atoms with E-state index in [9.17, 15) is 0 Å². The van der Waals surface area contributed by atoms with Gasteiger partial charge in [0.1, 0.15) is 18.2 Å². The third kappa shape index (κ3) is 5.35. The predicted octanol–water partition coefficient (Wildman–Crippen LogP) is 5.15. The fourth-order valence-corrected chi connectivity index (χ4v) is 2.39. The molecular formula is C22H17ClN4O. The second kappa shape index (κ2) is 9.78. The number of nitriles is 1. The number of benzene rings is 3. The van der Waals surface area contributed by atoms with Crippen molar-refractivity contribution in [2.24, 2.45) is 10.7 Å². The molecule has 0 saturated heterocycles. The number of amidine groups is 1. The van der Waals surface area contributed by atoms with Crippen LogP contribution in [0.15, 0.2) is 77.8 Å². The lowest BCUT2D eigenvalue weighted by Gasteiger charge is -2.08. The van der Waals surface area contributed by atoms with Crippen molar-refractivity contribution in [1.29, 1.82) is 5.26 Å². The lowest BCUT2D eigenvalue weighted by atomic mass is 10.1. The number of hydrogen-bond donors (Lipinski definition) is 1. The van der Waals surface area contributed by atoms with Crippen LogP contribution in [0.5, 0.6) is 5.75 Å². The van der Waals surface area contributed by atoms with Gasteiger partial charge in [0.15, 0.2) is 5.69 Å². The normalized spacial score (nSPS) is 10.3. The van der Waals surface area contributed by atoms with E-state index in [2.05, 4.69) is 15.9 Å². The summed E-state index contributed by atoms with van der Waals surface area (Å²) in [5.41, 5.74) is 9.70. The van der Waals surface area contributed by atoms with Crippen molar-refractivity contribution in [3.63, 3.8) is 0 Å². The van der Waals surface area contributed by atoms with E-state index in [1.165, 1.54) is 0 Å². The number of hydrogen-bond acceptors (Lipinski definition) is 3. The summed E-state index contributed by atoms with van der Waals surface area (Å²) in [7, 11) is 0. The van der Waals surface area contributed by atoms with Gasteiger partial charge < -0.3 is 10.5 Å². The van der Waals surface area contributed by atoms with Gasteiger partial charge in [-0.1, -0.05) is 36.4 Å². The van der Waals surface area contributed by atoms with Crippen LogP contribution < -0.4 is 10.5 Å². The van der Waals surface area contributed by atoms with Gasteiger partial charge in [0.25, 0.3) is 0 Å². The molecule has 0 aromatic heterocycles. The monoisotopic (exact) mass is 388 g/mol. The first-order valence-corrected chi connectivity index (χ1v) is 8.22. The Morgan fingerprint density at radius 3 is 2.43 bits per heavy atom. The molecule has 2 N–H and O–H groups in total. The summed E-state index contributed by atoms with van der Waals surface area (Å²) in [6.45, 7) is 7.37. The summed E-state index contributed by atoms with van der Waals surface area (Å²) < 4.78 is 5.81. The third-order valence-corrected chi connectivity index (χ3v) is 3.85. The van der Waals surface area contributed by atoms with E-state index in [1.54, 1.807) is 36.4 Å². The molecule has 138 valence electrons. The van der Waals surface area contributed by atoms with E-state index in [1.807, 2.05) is 36.4 Å². The Kier molecular flexibility index (Phi) is 7.16. The van der Waals surface area contributed by atoms with E-state index < -0.39 is 0 Å². The largest absolute Gasteiger partial charge is 0.489 e. The average molecular weight is 389 g/mol. The lowest BCUT2D eigenvalue weighted by molar-refractivity contribution is 0.306. The number of ether oxygens (including phenoxy) is 1. The highest BCUT2D eigenvalue weighted by molar-refractivity contribution is 5.99. The maximum absolute atomic E-state index is 8.83. The Hall–Kier alpha value is -3.80. The Morgan fingerprint density at radius 1 is 1.07 bits per heavy atom. The molecule has 28 heavy (non-hydrogen) atoms. The Balaban J connectivity index is 0.00000280. The zero-order valence-electron chi connectivity index (χ0n) is 14.9.